The normalized spacial score (nSPS) is 11.1. The van der Waals surface area contributed by atoms with Crippen LogP contribution >= 0.6 is 0 Å². The van der Waals surface area contributed by atoms with Crippen LogP contribution in [0.15, 0.2) is 59.9 Å². The van der Waals surface area contributed by atoms with E-state index in [1.165, 1.54) is 0 Å². The van der Waals surface area contributed by atoms with Crippen LogP contribution in [0.3, 0.4) is 0 Å². The lowest BCUT2D eigenvalue weighted by Crippen LogP contribution is -1.96. The number of carboxylic acids is 1. The van der Waals surface area contributed by atoms with E-state index in [0.29, 0.717) is 19.4 Å². The minimum Gasteiger partial charge on any atom is -0.481 e. The molecule has 0 amide bonds. The second-order valence-electron chi connectivity index (χ2n) is 6.95. The number of aryl methyl sites for hydroxylation is 2. The molecule has 2 aromatic carbocycles. The van der Waals surface area contributed by atoms with E-state index in [9.17, 15) is 4.79 Å². The SMILES string of the molecule is Cc1ccc(C)c(-c2nn(-c3ccccc3)cc2C=NOCCCCC(=O)O)c1. The van der Waals surface area contributed by atoms with Gasteiger partial charge in [-0.1, -0.05) is 41.1 Å². The lowest BCUT2D eigenvalue weighted by molar-refractivity contribution is -0.137. The second-order valence-corrected chi connectivity index (χ2v) is 6.95. The lowest BCUT2D eigenvalue weighted by atomic mass is 10.0. The fraction of sp³-hybridized carbons (Fsp3) is 0.261. The molecular formula is C23H25N3O3. The molecule has 150 valence electrons. The van der Waals surface area contributed by atoms with Crippen molar-refractivity contribution in [3.8, 4) is 16.9 Å². The molecule has 6 heteroatoms. The molecule has 1 aromatic heterocycles. The van der Waals surface area contributed by atoms with Crippen molar-refractivity contribution in [2.24, 2.45) is 5.16 Å². The van der Waals surface area contributed by atoms with Crippen LogP contribution < -0.4 is 0 Å². The molecule has 0 bridgehead atoms. The maximum absolute atomic E-state index is 10.5. The maximum atomic E-state index is 10.5. The van der Waals surface area contributed by atoms with Crippen LogP contribution in [0.5, 0.6) is 0 Å². The van der Waals surface area contributed by atoms with E-state index in [2.05, 4.69) is 37.2 Å². The number of rotatable bonds is 9. The Morgan fingerprint density at radius 1 is 1.17 bits per heavy atom. The van der Waals surface area contributed by atoms with Gasteiger partial charge in [0.15, 0.2) is 0 Å². The van der Waals surface area contributed by atoms with Crippen LogP contribution in [-0.4, -0.2) is 33.7 Å². The Morgan fingerprint density at radius 2 is 1.97 bits per heavy atom. The van der Waals surface area contributed by atoms with Gasteiger partial charge in [0.2, 0.25) is 0 Å². The Labute approximate surface area is 170 Å². The number of unbranched alkanes of at least 4 members (excludes halogenated alkanes) is 1. The standard InChI is InChI=1S/C23H25N3O3/c1-17-11-12-18(2)21(14-17)23-19(15-24-29-13-7-6-10-22(27)28)16-26(25-23)20-8-4-3-5-9-20/h3-5,8-9,11-12,14-16H,6-7,10,13H2,1-2H3,(H,27,28). The van der Waals surface area contributed by atoms with Crippen molar-refractivity contribution in [3.63, 3.8) is 0 Å². The summed E-state index contributed by atoms with van der Waals surface area (Å²) in [5.74, 6) is -0.792. The first-order valence-corrected chi connectivity index (χ1v) is 9.64. The molecule has 0 aliphatic rings. The number of oxime groups is 1. The Kier molecular flexibility index (Phi) is 6.79. The molecule has 3 aromatic rings. The van der Waals surface area contributed by atoms with Crippen molar-refractivity contribution in [1.82, 2.24) is 9.78 Å². The zero-order valence-corrected chi connectivity index (χ0v) is 16.7. The molecule has 3 rings (SSSR count). The van der Waals surface area contributed by atoms with Crippen LogP contribution in [0.25, 0.3) is 16.9 Å². The Bertz CT molecular complexity index is 994. The number of carboxylic acid groups (broad SMARTS) is 1. The fourth-order valence-corrected chi connectivity index (χ4v) is 2.98. The molecule has 0 aliphatic heterocycles. The molecule has 0 radical (unpaired) electrons. The van der Waals surface area contributed by atoms with E-state index in [4.69, 9.17) is 15.0 Å². The molecule has 0 atom stereocenters. The van der Waals surface area contributed by atoms with E-state index in [0.717, 1.165) is 33.6 Å². The van der Waals surface area contributed by atoms with Gasteiger partial charge in [0.05, 0.1) is 11.9 Å². The first kappa shape index (κ1) is 20.3. The average molecular weight is 391 g/mol. The summed E-state index contributed by atoms with van der Waals surface area (Å²) >= 11 is 0. The van der Waals surface area contributed by atoms with Crippen molar-refractivity contribution in [1.29, 1.82) is 0 Å². The van der Waals surface area contributed by atoms with Crippen LogP contribution in [0.4, 0.5) is 0 Å². The summed E-state index contributed by atoms with van der Waals surface area (Å²) < 4.78 is 1.84. The van der Waals surface area contributed by atoms with Gasteiger partial charge in [-0.2, -0.15) is 5.10 Å². The minimum absolute atomic E-state index is 0.147. The summed E-state index contributed by atoms with van der Waals surface area (Å²) in [4.78, 5) is 15.9. The number of nitrogens with zero attached hydrogens (tertiary/aromatic N) is 3. The summed E-state index contributed by atoms with van der Waals surface area (Å²) in [6.07, 6.45) is 4.97. The quantitative estimate of drug-likeness (QED) is 0.324. The van der Waals surface area contributed by atoms with Crippen LogP contribution in [0, 0.1) is 13.8 Å². The summed E-state index contributed by atoms with van der Waals surface area (Å²) in [5.41, 5.74) is 6.02. The number of carbonyl (C=O) groups is 1. The molecular weight excluding hydrogens is 366 g/mol. The van der Waals surface area contributed by atoms with Gasteiger partial charge in [0.1, 0.15) is 12.3 Å². The molecule has 0 unspecified atom stereocenters. The van der Waals surface area contributed by atoms with E-state index in [1.54, 1.807) is 6.21 Å². The van der Waals surface area contributed by atoms with Crippen LogP contribution in [0.1, 0.15) is 36.0 Å². The third-order valence-electron chi connectivity index (χ3n) is 4.55. The van der Waals surface area contributed by atoms with Crippen LogP contribution in [-0.2, 0) is 9.63 Å². The first-order chi connectivity index (χ1) is 14.0. The first-order valence-electron chi connectivity index (χ1n) is 9.64. The number of aliphatic carboxylic acids is 1. The molecule has 0 saturated carbocycles. The van der Waals surface area contributed by atoms with Crippen LogP contribution in [0.2, 0.25) is 0 Å². The predicted molar refractivity (Wildman–Crippen MR) is 114 cm³/mol. The summed E-state index contributed by atoms with van der Waals surface area (Å²) in [6.45, 7) is 4.51. The lowest BCUT2D eigenvalue weighted by Gasteiger charge is -2.05. The van der Waals surface area contributed by atoms with E-state index in [-0.39, 0.29) is 6.42 Å². The molecule has 6 nitrogen and oxygen atoms in total. The number of aromatic nitrogens is 2. The predicted octanol–water partition coefficient (Wildman–Crippen LogP) is 4.76. The van der Waals surface area contributed by atoms with Crippen molar-refractivity contribution in [2.45, 2.75) is 33.1 Å². The van der Waals surface area contributed by atoms with Crippen molar-refractivity contribution in [2.75, 3.05) is 6.61 Å². The summed E-state index contributed by atoms with van der Waals surface area (Å²) in [7, 11) is 0. The van der Waals surface area contributed by atoms with E-state index in [1.807, 2.05) is 41.2 Å². The smallest absolute Gasteiger partial charge is 0.303 e. The zero-order valence-electron chi connectivity index (χ0n) is 16.7. The Hall–Kier alpha value is -3.41. The third kappa shape index (κ3) is 5.54. The minimum atomic E-state index is -0.792. The molecule has 0 saturated heterocycles. The summed E-state index contributed by atoms with van der Waals surface area (Å²) in [5, 5.41) is 17.5. The highest BCUT2D eigenvalue weighted by Crippen LogP contribution is 2.27. The molecule has 0 fully saturated rings. The molecule has 1 N–H and O–H groups in total. The largest absolute Gasteiger partial charge is 0.481 e. The Morgan fingerprint density at radius 3 is 2.72 bits per heavy atom. The summed E-state index contributed by atoms with van der Waals surface area (Å²) in [6, 6.07) is 16.2. The number of para-hydroxylation sites is 1. The van der Waals surface area contributed by atoms with Gasteiger partial charge in [-0.25, -0.2) is 4.68 Å². The average Bonchev–Trinajstić information content (AvgIpc) is 3.13. The topological polar surface area (TPSA) is 76.7 Å². The number of hydrogen-bond acceptors (Lipinski definition) is 4. The third-order valence-corrected chi connectivity index (χ3v) is 4.55. The molecule has 0 spiro atoms. The monoisotopic (exact) mass is 391 g/mol. The molecule has 29 heavy (non-hydrogen) atoms. The highest BCUT2D eigenvalue weighted by molar-refractivity contribution is 5.89. The zero-order chi connectivity index (χ0) is 20.6. The number of benzene rings is 2. The van der Waals surface area contributed by atoms with Crippen molar-refractivity contribution in [3.05, 3.63) is 71.4 Å². The fourth-order valence-electron chi connectivity index (χ4n) is 2.98. The van der Waals surface area contributed by atoms with Gasteiger partial charge in [-0.3, -0.25) is 4.79 Å². The second kappa shape index (κ2) is 9.68. The Balaban J connectivity index is 1.83. The van der Waals surface area contributed by atoms with Gasteiger partial charge in [0, 0.05) is 23.7 Å². The van der Waals surface area contributed by atoms with E-state index >= 15 is 0 Å². The highest BCUT2D eigenvalue weighted by atomic mass is 16.6. The van der Waals surface area contributed by atoms with Crippen molar-refractivity contribution < 1.29 is 14.7 Å². The highest BCUT2D eigenvalue weighted by Gasteiger charge is 2.13. The van der Waals surface area contributed by atoms with Gasteiger partial charge in [-0.05, 0) is 50.5 Å². The van der Waals surface area contributed by atoms with Gasteiger partial charge >= 0.3 is 5.97 Å². The van der Waals surface area contributed by atoms with Gasteiger partial charge in [0.25, 0.3) is 0 Å². The van der Waals surface area contributed by atoms with E-state index < -0.39 is 5.97 Å². The molecule has 1 heterocycles. The van der Waals surface area contributed by atoms with Crippen molar-refractivity contribution >= 4 is 12.2 Å². The van der Waals surface area contributed by atoms with Gasteiger partial charge < -0.3 is 9.94 Å². The van der Waals surface area contributed by atoms with Gasteiger partial charge in [-0.15, -0.1) is 0 Å². The molecule has 0 aliphatic carbocycles. The maximum Gasteiger partial charge on any atom is 0.303 e. The number of hydrogen-bond donors (Lipinski definition) is 1.